The molecule has 6 nitrogen and oxygen atoms in total. The highest BCUT2D eigenvalue weighted by Crippen LogP contribution is 2.36. The Kier molecular flexibility index (Phi) is 9.55. The van der Waals surface area contributed by atoms with Gasteiger partial charge in [0, 0.05) is 71.3 Å². The number of aromatic nitrogens is 4. The topological polar surface area (TPSA) is 85.7 Å². The van der Waals surface area contributed by atoms with Gasteiger partial charge < -0.3 is 0 Å². The first-order chi connectivity index (χ1) is 21.7. The summed E-state index contributed by atoms with van der Waals surface area (Å²) >= 11 is 14.1. The van der Waals surface area contributed by atoms with Crippen LogP contribution in [0.2, 0.25) is 10.0 Å². The van der Waals surface area contributed by atoms with E-state index in [4.69, 9.17) is 23.2 Å². The lowest BCUT2D eigenvalue weighted by Crippen LogP contribution is -2.00. The Bertz CT molecular complexity index is 2290. The molecule has 46 heavy (non-hydrogen) atoms. The van der Waals surface area contributed by atoms with E-state index in [1.165, 1.54) is 24.5 Å². The van der Waals surface area contributed by atoms with Crippen LogP contribution in [0.25, 0.3) is 44.3 Å². The van der Waals surface area contributed by atoms with E-state index in [2.05, 4.69) is 19.9 Å². The van der Waals surface area contributed by atoms with Gasteiger partial charge in [-0.15, -0.1) is 11.8 Å². The van der Waals surface area contributed by atoms with Crippen LogP contribution in [0.5, 0.6) is 0 Å². The second kappa shape index (κ2) is 13.1. The van der Waals surface area contributed by atoms with Crippen molar-refractivity contribution in [3.05, 3.63) is 106 Å². The quantitative estimate of drug-likeness (QED) is 0.134. The summed E-state index contributed by atoms with van der Waals surface area (Å²) in [7, 11) is -3.46. The highest BCUT2D eigenvalue weighted by molar-refractivity contribution is 7.98. The van der Waals surface area contributed by atoms with E-state index < -0.39 is 33.1 Å². The van der Waals surface area contributed by atoms with Crippen LogP contribution in [0.1, 0.15) is 11.1 Å². The van der Waals surface area contributed by atoms with E-state index in [9.17, 15) is 26.0 Å². The van der Waals surface area contributed by atoms with Crippen LogP contribution in [0.3, 0.4) is 0 Å². The molecule has 4 heterocycles. The molecule has 0 amide bonds. The Labute approximate surface area is 275 Å². The van der Waals surface area contributed by atoms with Crippen LogP contribution in [-0.2, 0) is 9.84 Å². The maximum Gasteiger partial charge on any atom is 0.177 e. The molecular formula is C32H22Cl2F4N4O2S2. The van der Waals surface area contributed by atoms with E-state index in [1.54, 1.807) is 38.0 Å². The van der Waals surface area contributed by atoms with Crippen LogP contribution in [0, 0.1) is 37.1 Å². The second-order valence-corrected chi connectivity index (χ2v) is 13.8. The third-order valence-corrected chi connectivity index (χ3v) is 9.70. The number of rotatable bonds is 4. The second-order valence-electron chi connectivity index (χ2n) is 10.2. The fourth-order valence-corrected chi connectivity index (χ4v) is 6.25. The SMILES string of the molecule is CSc1cncc(-c2nc3cc(F)cc(F)c3c(Cl)c2C)c1.Cc1c(-c2cncc(S(C)(=O)=O)c2)nc2cc(F)cc(F)c2c1Cl. The molecule has 0 bridgehead atoms. The number of benzene rings is 2. The number of hydrogen-bond donors (Lipinski definition) is 0. The van der Waals surface area contributed by atoms with Crippen molar-refractivity contribution in [3.8, 4) is 22.5 Å². The molecule has 6 aromatic rings. The molecule has 0 N–H and O–H groups in total. The Hall–Kier alpha value is -3.84. The Morgan fingerprint density at radius 2 is 1.13 bits per heavy atom. The Morgan fingerprint density at radius 3 is 1.59 bits per heavy atom. The van der Waals surface area contributed by atoms with Crippen molar-refractivity contribution in [1.82, 2.24) is 19.9 Å². The lowest BCUT2D eigenvalue weighted by atomic mass is 10.1. The third kappa shape index (κ3) is 6.66. The van der Waals surface area contributed by atoms with Gasteiger partial charge >= 0.3 is 0 Å². The molecule has 0 saturated heterocycles. The molecule has 0 spiro atoms. The zero-order valence-corrected chi connectivity index (χ0v) is 27.6. The minimum absolute atomic E-state index is 0.0165. The van der Waals surface area contributed by atoms with E-state index in [1.807, 2.05) is 12.3 Å². The predicted octanol–water partition coefficient (Wildman–Crippen LogP) is 9.20. The molecule has 6 rings (SSSR count). The van der Waals surface area contributed by atoms with Gasteiger partial charge in [-0.1, -0.05) is 23.2 Å². The number of sulfone groups is 1. The van der Waals surface area contributed by atoms with Crippen molar-refractivity contribution in [2.45, 2.75) is 23.6 Å². The van der Waals surface area contributed by atoms with Gasteiger partial charge in [0.15, 0.2) is 9.84 Å². The van der Waals surface area contributed by atoms with E-state index in [-0.39, 0.29) is 36.7 Å². The summed E-state index contributed by atoms with van der Waals surface area (Å²) in [5.74, 6) is -2.97. The molecule has 0 fully saturated rings. The van der Waals surface area contributed by atoms with Crippen LogP contribution in [-0.4, -0.2) is 40.9 Å². The summed E-state index contributed by atoms with van der Waals surface area (Å²) in [5.41, 5.74) is 3.37. The van der Waals surface area contributed by atoms with Crippen LogP contribution >= 0.6 is 35.0 Å². The molecular weight excluding hydrogens is 683 g/mol. The van der Waals surface area contributed by atoms with Gasteiger partial charge in [0.1, 0.15) is 23.3 Å². The highest BCUT2D eigenvalue weighted by Gasteiger charge is 2.19. The van der Waals surface area contributed by atoms with Crippen molar-refractivity contribution in [2.24, 2.45) is 0 Å². The standard InChI is InChI=1S/C16H11ClF2N2O2S.C16H11ClF2N2S/c1-8-15(17)14-12(19)4-10(18)5-13(14)21-16(8)9-3-11(7-20-6-9)24(2,22)23;1-8-15(17)14-12(19)4-10(18)5-13(14)21-16(8)9-3-11(22-2)7-20-6-9/h3-7H,1-2H3;3-7H,1-2H3. The molecule has 0 aliphatic heterocycles. The van der Waals surface area contributed by atoms with Crippen LogP contribution in [0.4, 0.5) is 17.6 Å². The monoisotopic (exact) mass is 704 g/mol. The molecule has 0 aliphatic carbocycles. The van der Waals surface area contributed by atoms with Crippen molar-refractivity contribution >= 4 is 66.6 Å². The highest BCUT2D eigenvalue weighted by atomic mass is 35.5. The summed E-state index contributed by atoms with van der Waals surface area (Å²) < 4.78 is 78.2. The van der Waals surface area contributed by atoms with Crippen molar-refractivity contribution in [1.29, 1.82) is 0 Å². The normalized spacial score (nSPS) is 11.5. The van der Waals surface area contributed by atoms with Crippen molar-refractivity contribution < 1.29 is 26.0 Å². The molecule has 236 valence electrons. The number of hydrogen-bond acceptors (Lipinski definition) is 7. The van der Waals surface area contributed by atoms with Crippen LogP contribution < -0.4 is 0 Å². The number of pyridine rings is 4. The zero-order chi connectivity index (χ0) is 33.5. The van der Waals surface area contributed by atoms with Gasteiger partial charge in [-0.05, 0) is 43.4 Å². The predicted molar refractivity (Wildman–Crippen MR) is 174 cm³/mol. The van der Waals surface area contributed by atoms with Crippen LogP contribution in [0.15, 0.2) is 71.0 Å². The minimum Gasteiger partial charge on any atom is -0.263 e. The summed E-state index contributed by atoms with van der Waals surface area (Å²) in [5, 5.41) is 0.495. The lowest BCUT2D eigenvalue weighted by Gasteiger charge is -2.11. The van der Waals surface area contributed by atoms with Gasteiger partial charge in [-0.25, -0.2) is 35.9 Å². The molecule has 2 aromatic carbocycles. The molecule has 0 aliphatic rings. The fraction of sp³-hybridized carbons (Fsp3) is 0.125. The molecule has 0 unspecified atom stereocenters. The summed E-state index contributed by atoms with van der Waals surface area (Å²) in [6, 6.07) is 7.12. The van der Waals surface area contributed by atoms with E-state index in [0.29, 0.717) is 28.1 Å². The average molecular weight is 706 g/mol. The van der Waals surface area contributed by atoms with Gasteiger partial charge in [-0.3, -0.25) is 9.97 Å². The van der Waals surface area contributed by atoms with Crippen molar-refractivity contribution in [2.75, 3.05) is 12.5 Å². The Balaban J connectivity index is 0.000000182. The number of nitrogens with zero attached hydrogens (tertiary/aromatic N) is 4. The molecule has 14 heteroatoms. The summed E-state index contributed by atoms with van der Waals surface area (Å²) in [4.78, 5) is 17.7. The maximum atomic E-state index is 14.0. The Morgan fingerprint density at radius 1 is 0.674 bits per heavy atom. The molecule has 0 atom stereocenters. The van der Waals surface area contributed by atoms with E-state index >= 15 is 0 Å². The first-order valence-electron chi connectivity index (χ1n) is 13.2. The van der Waals surface area contributed by atoms with Gasteiger partial charge in [0.2, 0.25) is 0 Å². The first kappa shape index (κ1) is 33.5. The molecule has 0 radical (unpaired) electrons. The third-order valence-electron chi connectivity index (χ3n) is 6.98. The maximum absolute atomic E-state index is 14.0. The van der Waals surface area contributed by atoms with Gasteiger partial charge in [0.05, 0.1) is 48.1 Å². The lowest BCUT2D eigenvalue weighted by molar-refractivity contribution is 0.590. The molecule has 4 aromatic heterocycles. The molecule has 0 saturated carbocycles. The summed E-state index contributed by atoms with van der Waals surface area (Å²) in [6.07, 6.45) is 9.04. The van der Waals surface area contributed by atoms with Gasteiger partial charge in [-0.2, -0.15) is 0 Å². The van der Waals surface area contributed by atoms with Gasteiger partial charge in [0.25, 0.3) is 0 Å². The van der Waals surface area contributed by atoms with Crippen molar-refractivity contribution in [3.63, 3.8) is 0 Å². The smallest absolute Gasteiger partial charge is 0.177 e. The zero-order valence-electron chi connectivity index (χ0n) is 24.5. The minimum atomic E-state index is -3.46. The number of halogens is 6. The van der Waals surface area contributed by atoms with E-state index in [0.717, 1.165) is 34.9 Å². The first-order valence-corrected chi connectivity index (χ1v) is 17.1. The fourth-order valence-electron chi connectivity index (χ4n) is 4.70. The largest absolute Gasteiger partial charge is 0.263 e. The average Bonchev–Trinajstić information content (AvgIpc) is 3.00. The number of fused-ring (bicyclic) bond motifs is 2. The number of thioether (sulfide) groups is 1. The summed E-state index contributed by atoms with van der Waals surface area (Å²) in [6.45, 7) is 3.39.